The van der Waals surface area contributed by atoms with E-state index in [9.17, 15) is 14.0 Å². The van der Waals surface area contributed by atoms with E-state index in [1.54, 1.807) is 19.2 Å². The monoisotopic (exact) mass is 359 g/mol. The van der Waals surface area contributed by atoms with Crippen molar-refractivity contribution in [2.45, 2.75) is 26.8 Å². The van der Waals surface area contributed by atoms with Gasteiger partial charge in [-0.1, -0.05) is 26.0 Å². The molecular formula is C18H22FN5O2. The molecule has 0 radical (unpaired) electrons. The predicted molar refractivity (Wildman–Crippen MR) is 99.0 cm³/mol. The highest BCUT2D eigenvalue weighted by Gasteiger charge is 2.15. The molecule has 26 heavy (non-hydrogen) atoms. The van der Waals surface area contributed by atoms with E-state index < -0.39 is 17.1 Å². The normalized spacial score (nSPS) is 11.4. The van der Waals surface area contributed by atoms with E-state index in [1.807, 2.05) is 0 Å². The van der Waals surface area contributed by atoms with Gasteiger partial charge in [0, 0.05) is 13.6 Å². The number of imidazole rings is 1. The molecule has 0 amide bonds. The lowest BCUT2D eigenvalue weighted by molar-refractivity contribution is 0.606. The van der Waals surface area contributed by atoms with Crippen LogP contribution in [0.15, 0.2) is 33.9 Å². The Balaban J connectivity index is 2.00. The Kier molecular flexibility index (Phi) is 4.92. The van der Waals surface area contributed by atoms with Gasteiger partial charge in [-0.25, -0.2) is 9.18 Å². The number of aryl methyl sites for hydroxylation is 1. The van der Waals surface area contributed by atoms with Crippen LogP contribution in [0.1, 0.15) is 25.8 Å². The van der Waals surface area contributed by atoms with Gasteiger partial charge in [0.2, 0.25) is 5.95 Å². The summed E-state index contributed by atoms with van der Waals surface area (Å²) in [5.41, 5.74) is 0.111. The predicted octanol–water partition coefficient (Wildman–Crippen LogP) is 2.07. The maximum Gasteiger partial charge on any atom is 0.332 e. The lowest BCUT2D eigenvalue weighted by atomic mass is 10.1. The molecule has 0 aliphatic rings. The molecule has 138 valence electrons. The summed E-state index contributed by atoms with van der Waals surface area (Å²) in [7, 11) is 1.56. The van der Waals surface area contributed by atoms with Crippen molar-refractivity contribution < 1.29 is 4.39 Å². The molecule has 0 aliphatic carbocycles. The minimum absolute atomic E-state index is 0.00562. The lowest BCUT2D eigenvalue weighted by Gasteiger charge is -2.07. The van der Waals surface area contributed by atoms with Crippen LogP contribution in [-0.4, -0.2) is 25.6 Å². The van der Waals surface area contributed by atoms with Crippen LogP contribution in [0.3, 0.4) is 0 Å². The number of hydrogen-bond donors (Lipinski definition) is 2. The van der Waals surface area contributed by atoms with E-state index in [2.05, 4.69) is 29.1 Å². The molecule has 2 N–H and O–H groups in total. The second kappa shape index (κ2) is 7.15. The zero-order valence-electron chi connectivity index (χ0n) is 15.0. The molecular weight excluding hydrogens is 337 g/mol. The van der Waals surface area contributed by atoms with E-state index in [0.717, 1.165) is 11.0 Å². The first-order valence-electron chi connectivity index (χ1n) is 8.54. The van der Waals surface area contributed by atoms with Crippen LogP contribution < -0.4 is 16.6 Å². The Bertz CT molecular complexity index is 1050. The lowest BCUT2D eigenvalue weighted by Crippen LogP contribution is -2.39. The number of anilines is 1. The van der Waals surface area contributed by atoms with Crippen molar-refractivity contribution in [1.29, 1.82) is 0 Å². The molecule has 0 aliphatic heterocycles. The minimum Gasteiger partial charge on any atom is -0.356 e. The van der Waals surface area contributed by atoms with Gasteiger partial charge in [0.15, 0.2) is 11.2 Å². The van der Waals surface area contributed by atoms with Crippen LogP contribution in [0.5, 0.6) is 0 Å². The highest BCUT2D eigenvalue weighted by molar-refractivity contribution is 5.72. The molecule has 0 saturated carbocycles. The Morgan fingerprint density at radius 3 is 2.77 bits per heavy atom. The number of rotatable bonds is 6. The molecule has 0 bridgehead atoms. The minimum atomic E-state index is -0.494. The molecule has 3 aromatic rings. The molecule has 0 atom stereocenters. The molecule has 8 heteroatoms. The van der Waals surface area contributed by atoms with Crippen molar-refractivity contribution in [2.75, 3.05) is 11.9 Å². The number of benzene rings is 1. The van der Waals surface area contributed by atoms with Crippen LogP contribution in [0.25, 0.3) is 11.2 Å². The third-order valence-electron chi connectivity index (χ3n) is 4.22. The van der Waals surface area contributed by atoms with Gasteiger partial charge in [0.05, 0.1) is 6.54 Å². The molecule has 7 nitrogen and oxygen atoms in total. The first kappa shape index (κ1) is 17.9. The number of H-pyrrole nitrogens is 1. The van der Waals surface area contributed by atoms with E-state index in [-0.39, 0.29) is 12.1 Å². The van der Waals surface area contributed by atoms with Crippen LogP contribution in [-0.2, 0) is 13.6 Å². The molecule has 1 aromatic carbocycles. The average Bonchev–Trinajstić information content (AvgIpc) is 3.01. The highest BCUT2D eigenvalue weighted by Crippen LogP contribution is 2.10. The second-order valence-electron chi connectivity index (χ2n) is 6.76. The van der Waals surface area contributed by atoms with E-state index in [4.69, 9.17) is 0 Å². The highest BCUT2D eigenvalue weighted by atomic mass is 19.1. The first-order valence-corrected chi connectivity index (χ1v) is 8.54. The van der Waals surface area contributed by atoms with Crippen molar-refractivity contribution in [2.24, 2.45) is 13.0 Å². The zero-order valence-corrected chi connectivity index (χ0v) is 15.0. The number of aromatic amines is 1. The molecule has 0 saturated heterocycles. The molecule has 0 fully saturated rings. The molecule has 2 aromatic heterocycles. The third-order valence-corrected chi connectivity index (χ3v) is 4.22. The Labute approximate surface area is 149 Å². The summed E-state index contributed by atoms with van der Waals surface area (Å²) in [4.78, 5) is 32.6. The van der Waals surface area contributed by atoms with Crippen molar-refractivity contribution in [3.05, 3.63) is 56.5 Å². The van der Waals surface area contributed by atoms with E-state index in [0.29, 0.717) is 29.6 Å². The van der Waals surface area contributed by atoms with Gasteiger partial charge < -0.3 is 10.3 Å². The summed E-state index contributed by atoms with van der Waals surface area (Å²) in [6.45, 7) is 4.95. The fourth-order valence-electron chi connectivity index (χ4n) is 2.77. The van der Waals surface area contributed by atoms with E-state index in [1.165, 1.54) is 16.7 Å². The number of fused-ring (bicyclic) bond motifs is 1. The first-order chi connectivity index (χ1) is 12.4. The number of nitrogens with one attached hydrogen (secondary N) is 2. The van der Waals surface area contributed by atoms with Gasteiger partial charge in [0.1, 0.15) is 5.82 Å². The summed E-state index contributed by atoms with van der Waals surface area (Å²) in [6, 6.07) is 5.84. The topological polar surface area (TPSA) is 84.7 Å². The summed E-state index contributed by atoms with van der Waals surface area (Å²) < 4.78 is 15.8. The third kappa shape index (κ3) is 3.54. The zero-order chi connectivity index (χ0) is 18.8. The largest absolute Gasteiger partial charge is 0.356 e. The van der Waals surface area contributed by atoms with Crippen LogP contribution in [0.2, 0.25) is 0 Å². The maximum absolute atomic E-state index is 13.4. The molecule has 0 unspecified atom stereocenters. The number of aromatic nitrogens is 4. The standard InChI is InChI=1S/C18H22FN5O2/c1-11(2)7-8-20-17-21-14-15(22-17)23(3)18(26)24(16(14)25)10-12-5-4-6-13(19)9-12/h4-6,9,11H,7-8,10H2,1-3H3,(H2,20,21,22). The molecule has 0 spiro atoms. The summed E-state index contributed by atoms with van der Waals surface area (Å²) >= 11 is 0. The fourth-order valence-corrected chi connectivity index (χ4v) is 2.77. The molecule has 3 rings (SSSR count). The number of nitrogens with zero attached hydrogens (tertiary/aromatic N) is 3. The van der Waals surface area contributed by atoms with Gasteiger partial charge in [-0.15, -0.1) is 0 Å². The van der Waals surface area contributed by atoms with E-state index >= 15 is 0 Å². The molecule has 2 heterocycles. The van der Waals surface area contributed by atoms with Crippen LogP contribution in [0, 0.1) is 11.7 Å². The van der Waals surface area contributed by atoms with Gasteiger partial charge in [0.25, 0.3) is 5.56 Å². The average molecular weight is 359 g/mol. The SMILES string of the molecule is CC(C)CCNc1nc2c([nH]1)c(=O)n(Cc1cccc(F)c1)c(=O)n2C. The Morgan fingerprint density at radius 1 is 1.31 bits per heavy atom. The summed E-state index contributed by atoms with van der Waals surface area (Å²) in [5.74, 6) is 0.586. The summed E-state index contributed by atoms with van der Waals surface area (Å²) in [5, 5.41) is 3.14. The van der Waals surface area contributed by atoms with Gasteiger partial charge >= 0.3 is 5.69 Å². The second-order valence-corrected chi connectivity index (χ2v) is 6.76. The Morgan fingerprint density at radius 2 is 2.08 bits per heavy atom. The quantitative estimate of drug-likeness (QED) is 0.706. The Hall–Kier alpha value is -2.90. The van der Waals surface area contributed by atoms with Crippen molar-refractivity contribution in [1.82, 2.24) is 19.1 Å². The van der Waals surface area contributed by atoms with Crippen molar-refractivity contribution >= 4 is 17.1 Å². The fraction of sp³-hybridized carbons (Fsp3) is 0.389. The van der Waals surface area contributed by atoms with Crippen molar-refractivity contribution in [3.8, 4) is 0 Å². The van der Waals surface area contributed by atoms with Crippen LogP contribution >= 0.6 is 0 Å². The smallest absolute Gasteiger partial charge is 0.332 e. The number of halogens is 1. The van der Waals surface area contributed by atoms with Gasteiger partial charge in [-0.05, 0) is 30.0 Å². The summed E-state index contributed by atoms with van der Waals surface area (Å²) in [6.07, 6.45) is 0.958. The van der Waals surface area contributed by atoms with Gasteiger partial charge in [-0.2, -0.15) is 4.98 Å². The number of hydrogen-bond acceptors (Lipinski definition) is 4. The van der Waals surface area contributed by atoms with Crippen LogP contribution in [0.4, 0.5) is 10.3 Å². The van der Waals surface area contributed by atoms with Crippen molar-refractivity contribution in [3.63, 3.8) is 0 Å². The maximum atomic E-state index is 13.4. The van der Waals surface area contributed by atoms with Gasteiger partial charge in [-0.3, -0.25) is 13.9 Å².